The molecule has 1 amide bonds. The number of hydrogen-bond donors (Lipinski definition) is 3. The number of rotatable bonds is 3. The van der Waals surface area contributed by atoms with Crippen LogP contribution in [0.4, 0.5) is 5.13 Å². The molecule has 2 heterocycles. The van der Waals surface area contributed by atoms with Gasteiger partial charge in [0.2, 0.25) is 9.47 Å². The lowest BCUT2D eigenvalue weighted by atomic mass is 10.1. The summed E-state index contributed by atoms with van der Waals surface area (Å²) in [6.07, 6.45) is 0. The topological polar surface area (TPSA) is 157 Å². The number of aromatic hydroxyl groups is 1. The number of pyridine rings is 1. The third-order valence-electron chi connectivity index (χ3n) is 3.37. The number of aromatic nitrogens is 3. The van der Waals surface area contributed by atoms with E-state index in [0.717, 1.165) is 0 Å². The number of nitrogens with two attached hydrogens (primary N) is 1. The van der Waals surface area contributed by atoms with Gasteiger partial charge in [0.1, 0.15) is 11.3 Å². The summed E-state index contributed by atoms with van der Waals surface area (Å²) in [6, 6.07) is 6.53. The molecule has 0 aliphatic rings. The third kappa shape index (κ3) is 2.97. The number of nitrogens with zero attached hydrogens (tertiary/aromatic N) is 3. The molecule has 25 heavy (non-hydrogen) atoms. The Hall–Kier alpha value is -2.83. The number of para-hydroxylation sites is 1. The van der Waals surface area contributed by atoms with Gasteiger partial charge in [-0.2, -0.15) is 0 Å². The molecule has 0 bridgehead atoms. The van der Waals surface area contributed by atoms with Gasteiger partial charge < -0.3 is 9.67 Å². The van der Waals surface area contributed by atoms with Gasteiger partial charge in [0.25, 0.3) is 21.5 Å². The van der Waals surface area contributed by atoms with Crippen molar-refractivity contribution in [1.29, 1.82) is 0 Å². The number of sulfonamides is 1. The number of anilines is 1. The van der Waals surface area contributed by atoms with E-state index in [1.165, 1.54) is 11.6 Å². The van der Waals surface area contributed by atoms with Crippen LogP contribution < -0.4 is 16.0 Å². The van der Waals surface area contributed by atoms with E-state index in [4.69, 9.17) is 5.14 Å². The Balaban J connectivity index is 2.06. The predicted molar refractivity (Wildman–Crippen MR) is 90.1 cm³/mol. The van der Waals surface area contributed by atoms with Gasteiger partial charge >= 0.3 is 0 Å². The first kappa shape index (κ1) is 17.0. The average Bonchev–Trinajstić information content (AvgIpc) is 3.02. The van der Waals surface area contributed by atoms with E-state index < -0.39 is 37.1 Å². The van der Waals surface area contributed by atoms with Crippen LogP contribution in [0.1, 0.15) is 10.4 Å². The molecule has 0 spiro atoms. The second-order valence-electron chi connectivity index (χ2n) is 4.98. The number of amides is 1. The molecule has 3 aromatic rings. The highest BCUT2D eigenvalue weighted by Gasteiger charge is 2.23. The van der Waals surface area contributed by atoms with Crippen molar-refractivity contribution < 1.29 is 18.3 Å². The van der Waals surface area contributed by atoms with E-state index in [9.17, 15) is 23.1 Å². The van der Waals surface area contributed by atoms with Crippen molar-refractivity contribution in [3.05, 3.63) is 40.2 Å². The van der Waals surface area contributed by atoms with Gasteiger partial charge in [0.05, 0.1) is 5.52 Å². The summed E-state index contributed by atoms with van der Waals surface area (Å²) in [7, 11) is -2.59. The zero-order chi connectivity index (χ0) is 18.4. The molecule has 0 aliphatic carbocycles. The maximum atomic E-state index is 12.4. The maximum Gasteiger partial charge on any atom is 0.267 e. The van der Waals surface area contributed by atoms with Crippen LogP contribution in [0.2, 0.25) is 0 Å². The fraction of sp³-hybridized carbons (Fsp3) is 0.0769. The highest BCUT2D eigenvalue weighted by Crippen LogP contribution is 2.27. The van der Waals surface area contributed by atoms with Crippen LogP contribution in [0.3, 0.4) is 0 Å². The van der Waals surface area contributed by atoms with Crippen molar-refractivity contribution in [2.24, 2.45) is 12.2 Å². The summed E-state index contributed by atoms with van der Waals surface area (Å²) in [6.45, 7) is 0. The first-order chi connectivity index (χ1) is 11.7. The third-order valence-corrected chi connectivity index (χ3v) is 5.52. The highest BCUT2D eigenvalue weighted by molar-refractivity contribution is 7.91. The number of hydrogen-bond acceptors (Lipinski definition) is 8. The van der Waals surface area contributed by atoms with Gasteiger partial charge in [-0.15, -0.1) is 10.2 Å². The smallest absolute Gasteiger partial charge is 0.267 e. The van der Waals surface area contributed by atoms with Gasteiger partial charge in [-0.05, 0) is 12.1 Å². The summed E-state index contributed by atoms with van der Waals surface area (Å²) < 4.78 is 23.1. The normalized spacial score (nSPS) is 11.6. The van der Waals surface area contributed by atoms with Crippen molar-refractivity contribution in [2.45, 2.75) is 4.34 Å². The first-order valence-corrected chi connectivity index (χ1v) is 9.05. The molecular weight excluding hydrogens is 370 g/mol. The van der Waals surface area contributed by atoms with Crippen molar-refractivity contribution in [2.75, 3.05) is 5.32 Å². The number of nitrogens with one attached hydrogen (secondary N) is 1. The van der Waals surface area contributed by atoms with Gasteiger partial charge in [-0.3, -0.25) is 14.9 Å². The number of carbonyl (C=O) groups is 1. The number of primary sulfonamides is 1. The van der Waals surface area contributed by atoms with Crippen LogP contribution in [-0.4, -0.2) is 34.2 Å². The Morgan fingerprint density at radius 1 is 1.32 bits per heavy atom. The number of benzene rings is 1. The predicted octanol–water partition coefficient (Wildman–Crippen LogP) is -0.00470. The Morgan fingerprint density at radius 2 is 2.00 bits per heavy atom. The number of fused-ring (bicyclic) bond motifs is 1. The highest BCUT2D eigenvalue weighted by atomic mass is 32.2. The van der Waals surface area contributed by atoms with Crippen LogP contribution in [-0.2, 0) is 17.1 Å². The van der Waals surface area contributed by atoms with Crippen molar-refractivity contribution in [3.63, 3.8) is 0 Å². The second-order valence-corrected chi connectivity index (χ2v) is 7.69. The largest absolute Gasteiger partial charge is 0.506 e. The van der Waals surface area contributed by atoms with Crippen LogP contribution >= 0.6 is 11.3 Å². The van der Waals surface area contributed by atoms with E-state index in [1.807, 2.05) is 0 Å². The van der Waals surface area contributed by atoms with Gasteiger partial charge in [-0.1, -0.05) is 23.5 Å². The number of aryl methyl sites for hydroxylation is 1. The summed E-state index contributed by atoms with van der Waals surface area (Å²) >= 11 is 0.525. The fourth-order valence-electron chi connectivity index (χ4n) is 2.22. The van der Waals surface area contributed by atoms with Crippen molar-refractivity contribution in [1.82, 2.24) is 14.8 Å². The first-order valence-electron chi connectivity index (χ1n) is 6.68. The quantitative estimate of drug-likeness (QED) is 0.539. The molecule has 130 valence electrons. The standard InChI is InChI=1S/C13H11N5O5S2/c1-18-7-5-3-2-4-6(7)9(19)8(11(18)21)10(20)15-12-16-17-13(24-12)25(14,22)23/h2-5,19H,1H3,(H2,14,22,23)(H,15,16,20). The lowest BCUT2D eigenvalue weighted by Crippen LogP contribution is -2.28. The van der Waals surface area contributed by atoms with Gasteiger partial charge in [0, 0.05) is 12.4 Å². The van der Waals surface area contributed by atoms with E-state index in [1.54, 1.807) is 24.3 Å². The Labute approximate surface area is 144 Å². The molecule has 0 fully saturated rings. The van der Waals surface area contributed by atoms with Crippen LogP contribution in [0.25, 0.3) is 10.9 Å². The molecule has 0 saturated heterocycles. The Morgan fingerprint density at radius 3 is 2.64 bits per heavy atom. The molecule has 0 atom stereocenters. The van der Waals surface area contributed by atoms with Crippen LogP contribution in [0.5, 0.6) is 5.75 Å². The molecule has 12 heteroatoms. The van der Waals surface area contributed by atoms with E-state index in [2.05, 4.69) is 15.5 Å². The summed E-state index contributed by atoms with van der Waals surface area (Å²) in [5.74, 6) is -1.42. The minimum absolute atomic E-state index is 0.177. The van der Waals surface area contributed by atoms with Crippen molar-refractivity contribution >= 4 is 43.3 Å². The Bertz CT molecular complexity index is 1170. The summed E-state index contributed by atoms with van der Waals surface area (Å²) in [5, 5.41) is 24.4. The summed E-state index contributed by atoms with van der Waals surface area (Å²) in [5.41, 5.74) is -0.757. The molecule has 4 N–H and O–H groups in total. The minimum Gasteiger partial charge on any atom is -0.506 e. The molecule has 0 aliphatic heterocycles. The zero-order valence-corrected chi connectivity index (χ0v) is 14.3. The fourth-order valence-corrected chi connectivity index (χ4v) is 3.55. The van der Waals surface area contributed by atoms with Crippen LogP contribution in [0.15, 0.2) is 33.4 Å². The molecule has 0 saturated carbocycles. The van der Waals surface area contributed by atoms with Crippen LogP contribution in [0, 0.1) is 0 Å². The van der Waals surface area contributed by atoms with Gasteiger partial charge in [0.15, 0.2) is 0 Å². The maximum absolute atomic E-state index is 12.4. The molecule has 2 aromatic heterocycles. The van der Waals surface area contributed by atoms with Crippen molar-refractivity contribution in [3.8, 4) is 5.75 Å². The average molecular weight is 381 g/mol. The number of carbonyl (C=O) groups excluding carboxylic acids is 1. The minimum atomic E-state index is -4.06. The van der Waals surface area contributed by atoms with E-state index in [0.29, 0.717) is 22.2 Å². The molecule has 10 nitrogen and oxygen atoms in total. The lowest BCUT2D eigenvalue weighted by molar-refractivity contribution is 0.102. The summed E-state index contributed by atoms with van der Waals surface area (Å²) in [4.78, 5) is 24.8. The second kappa shape index (κ2) is 5.91. The zero-order valence-electron chi connectivity index (χ0n) is 12.6. The SMILES string of the molecule is Cn1c(=O)c(C(=O)Nc2nnc(S(N)(=O)=O)s2)c(O)c2ccccc21. The Kier molecular flexibility index (Phi) is 4.02. The molecule has 1 aromatic carbocycles. The monoisotopic (exact) mass is 381 g/mol. The van der Waals surface area contributed by atoms with Gasteiger partial charge in [-0.25, -0.2) is 13.6 Å². The molecular formula is C13H11N5O5S2. The molecule has 0 unspecified atom stereocenters. The lowest BCUT2D eigenvalue weighted by Gasteiger charge is -2.10. The van der Waals surface area contributed by atoms with E-state index in [-0.39, 0.29) is 5.13 Å². The molecule has 3 rings (SSSR count). The molecule has 0 radical (unpaired) electrons. The van der Waals surface area contributed by atoms with E-state index >= 15 is 0 Å².